The number of nitrogens with zero attached hydrogens (tertiary/aromatic N) is 2. The molecule has 1 amide bonds. The number of aryl methyl sites for hydroxylation is 1. The molecule has 146 valence electrons. The van der Waals surface area contributed by atoms with E-state index in [1.807, 2.05) is 0 Å². The largest absolute Gasteiger partial charge is 0.353 e. The van der Waals surface area contributed by atoms with Gasteiger partial charge in [0.2, 0.25) is 11.8 Å². The molecular weight excluding hydrogens is 338 g/mol. The predicted octanol–water partition coefficient (Wildman–Crippen LogP) is 4.53. The van der Waals surface area contributed by atoms with Crippen molar-refractivity contribution in [2.24, 2.45) is 0 Å². The lowest BCUT2D eigenvalue weighted by Crippen LogP contribution is -2.37. The fourth-order valence-corrected chi connectivity index (χ4v) is 3.66. The highest BCUT2D eigenvalue weighted by atomic mass is 16.5. The number of aromatic nitrogens is 2. The van der Waals surface area contributed by atoms with Gasteiger partial charge in [-0.25, -0.2) is 0 Å². The Labute approximate surface area is 161 Å². The summed E-state index contributed by atoms with van der Waals surface area (Å²) in [7, 11) is 0. The van der Waals surface area contributed by atoms with Crippen molar-refractivity contribution in [3.8, 4) is 0 Å². The van der Waals surface area contributed by atoms with E-state index in [1.54, 1.807) is 0 Å². The van der Waals surface area contributed by atoms with Gasteiger partial charge in [-0.1, -0.05) is 56.3 Å². The average Bonchev–Trinajstić information content (AvgIpc) is 3.12. The monoisotopic (exact) mass is 369 g/mol. The molecule has 0 aliphatic heterocycles. The summed E-state index contributed by atoms with van der Waals surface area (Å²) in [5, 5.41) is 7.23. The minimum absolute atomic E-state index is 0.113. The van der Waals surface area contributed by atoms with Gasteiger partial charge in [0.05, 0.1) is 0 Å². The standard InChI is InChI=1S/C22H31N3O2/c1-22(2,3)21-24-20(27-25-21)11-7-10-19(26)23-18-14-12-17(13-15-18)16-8-5-4-6-9-16/h4-6,8-9,17-18H,7,10-15H2,1-3H3,(H,23,26). The van der Waals surface area contributed by atoms with Crippen molar-refractivity contribution in [3.63, 3.8) is 0 Å². The van der Waals surface area contributed by atoms with Crippen molar-refractivity contribution in [1.29, 1.82) is 0 Å². The number of carbonyl (C=O) groups excluding carboxylic acids is 1. The Balaban J connectivity index is 1.36. The van der Waals surface area contributed by atoms with Crippen LogP contribution in [0, 0.1) is 0 Å². The molecule has 1 aliphatic carbocycles. The van der Waals surface area contributed by atoms with Gasteiger partial charge >= 0.3 is 0 Å². The Kier molecular flexibility index (Phi) is 6.30. The highest BCUT2D eigenvalue weighted by Crippen LogP contribution is 2.32. The van der Waals surface area contributed by atoms with E-state index in [2.05, 4.69) is 66.6 Å². The van der Waals surface area contributed by atoms with Crippen LogP contribution < -0.4 is 5.32 Å². The minimum Gasteiger partial charge on any atom is -0.353 e. The van der Waals surface area contributed by atoms with E-state index < -0.39 is 0 Å². The van der Waals surface area contributed by atoms with E-state index in [0.717, 1.165) is 37.9 Å². The van der Waals surface area contributed by atoms with Crippen molar-refractivity contribution < 1.29 is 9.32 Å². The molecule has 1 fully saturated rings. The summed E-state index contributed by atoms with van der Waals surface area (Å²) in [4.78, 5) is 16.7. The summed E-state index contributed by atoms with van der Waals surface area (Å²) in [6, 6.07) is 11.0. The first kappa shape index (κ1) is 19.6. The maximum Gasteiger partial charge on any atom is 0.226 e. The van der Waals surface area contributed by atoms with Gasteiger partial charge in [0.15, 0.2) is 5.82 Å². The highest BCUT2D eigenvalue weighted by Gasteiger charge is 2.24. The average molecular weight is 370 g/mol. The van der Waals surface area contributed by atoms with Crippen LogP contribution in [0.25, 0.3) is 0 Å². The lowest BCUT2D eigenvalue weighted by atomic mass is 9.82. The molecule has 0 spiro atoms. The van der Waals surface area contributed by atoms with Crippen molar-refractivity contribution in [1.82, 2.24) is 15.5 Å². The molecule has 0 bridgehead atoms. The van der Waals surface area contributed by atoms with Crippen LogP contribution in [0.5, 0.6) is 0 Å². The predicted molar refractivity (Wildman–Crippen MR) is 106 cm³/mol. The number of carbonyl (C=O) groups is 1. The zero-order chi connectivity index (χ0) is 19.3. The molecule has 1 aliphatic rings. The van der Waals surface area contributed by atoms with Crippen LogP contribution in [0.15, 0.2) is 34.9 Å². The molecule has 1 saturated carbocycles. The van der Waals surface area contributed by atoms with Gasteiger partial charge in [0.1, 0.15) is 0 Å². The number of hydrogen-bond acceptors (Lipinski definition) is 4. The van der Waals surface area contributed by atoms with E-state index in [9.17, 15) is 4.79 Å². The molecule has 0 unspecified atom stereocenters. The van der Waals surface area contributed by atoms with E-state index >= 15 is 0 Å². The number of amides is 1. The fraction of sp³-hybridized carbons (Fsp3) is 0.591. The quantitative estimate of drug-likeness (QED) is 0.812. The van der Waals surface area contributed by atoms with Gasteiger partial charge in [-0.15, -0.1) is 0 Å². The topological polar surface area (TPSA) is 68.0 Å². The number of hydrogen-bond donors (Lipinski definition) is 1. The first-order valence-corrected chi connectivity index (χ1v) is 10.1. The smallest absolute Gasteiger partial charge is 0.226 e. The Morgan fingerprint density at radius 2 is 1.85 bits per heavy atom. The van der Waals surface area contributed by atoms with Gasteiger partial charge in [-0.05, 0) is 43.6 Å². The molecule has 0 atom stereocenters. The van der Waals surface area contributed by atoms with Gasteiger partial charge in [-0.2, -0.15) is 4.98 Å². The second kappa shape index (κ2) is 8.68. The van der Waals surface area contributed by atoms with E-state index in [4.69, 9.17) is 4.52 Å². The molecule has 1 aromatic carbocycles. The molecule has 1 N–H and O–H groups in total. The van der Waals surface area contributed by atoms with Crippen molar-refractivity contribution in [2.75, 3.05) is 0 Å². The zero-order valence-corrected chi connectivity index (χ0v) is 16.7. The maximum absolute atomic E-state index is 12.2. The first-order chi connectivity index (χ1) is 12.9. The van der Waals surface area contributed by atoms with E-state index in [0.29, 0.717) is 30.7 Å². The number of nitrogens with one attached hydrogen (secondary N) is 1. The number of rotatable bonds is 6. The van der Waals surface area contributed by atoms with Crippen molar-refractivity contribution in [3.05, 3.63) is 47.6 Å². The SMILES string of the molecule is CC(C)(C)c1noc(CCCC(=O)NC2CCC(c3ccccc3)CC2)n1. The molecule has 5 heteroatoms. The molecule has 2 aromatic rings. The van der Waals surface area contributed by atoms with Crippen LogP contribution in [-0.4, -0.2) is 22.1 Å². The second-order valence-electron chi connectivity index (χ2n) is 8.64. The van der Waals surface area contributed by atoms with Crippen LogP contribution in [0.2, 0.25) is 0 Å². The summed E-state index contributed by atoms with van der Waals surface area (Å²) in [6.07, 6.45) is 6.30. The third-order valence-electron chi connectivity index (χ3n) is 5.30. The second-order valence-corrected chi connectivity index (χ2v) is 8.64. The third kappa shape index (κ3) is 5.65. The van der Waals surface area contributed by atoms with Gasteiger partial charge in [-0.3, -0.25) is 4.79 Å². The van der Waals surface area contributed by atoms with Gasteiger partial charge < -0.3 is 9.84 Å². The molecule has 27 heavy (non-hydrogen) atoms. The molecule has 3 rings (SSSR count). The lowest BCUT2D eigenvalue weighted by molar-refractivity contribution is -0.122. The van der Waals surface area contributed by atoms with Gasteiger partial charge in [0.25, 0.3) is 0 Å². The van der Waals surface area contributed by atoms with Crippen molar-refractivity contribution >= 4 is 5.91 Å². The van der Waals surface area contributed by atoms with Crippen LogP contribution >= 0.6 is 0 Å². The minimum atomic E-state index is -0.113. The Hall–Kier alpha value is -2.17. The molecule has 5 nitrogen and oxygen atoms in total. The Bertz CT molecular complexity index is 726. The summed E-state index contributed by atoms with van der Waals surface area (Å²) < 4.78 is 5.28. The summed E-state index contributed by atoms with van der Waals surface area (Å²) in [5.41, 5.74) is 1.31. The molecule has 0 radical (unpaired) electrons. The van der Waals surface area contributed by atoms with Crippen LogP contribution in [-0.2, 0) is 16.6 Å². The lowest BCUT2D eigenvalue weighted by Gasteiger charge is -2.29. The fourth-order valence-electron chi connectivity index (χ4n) is 3.66. The molecule has 0 saturated heterocycles. The van der Waals surface area contributed by atoms with E-state index in [-0.39, 0.29) is 11.3 Å². The molecule has 1 aromatic heterocycles. The van der Waals surface area contributed by atoms with Gasteiger partial charge in [0, 0.05) is 24.3 Å². The number of benzene rings is 1. The molecular formula is C22H31N3O2. The van der Waals surface area contributed by atoms with Crippen LogP contribution in [0.1, 0.15) is 82.5 Å². The zero-order valence-electron chi connectivity index (χ0n) is 16.7. The van der Waals surface area contributed by atoms with Crippen LogP contribution in [0.4, 0.5) is 0 Å². The Morgan fingerprint density at radius 1 is 1.15 bits per heavy atom. The summed E-state index contributed by atoms with van der Waals surface area (Å²) in [6.45, 7) is 6.17. The normalized spacial score (nSPS) is 20.4. The van der Waals surface area contributed by atoms with Crippen LogP contribution in [0.3, 0.4) is 0 Å². The maximum atomic E-state index is 12.2. The Morgan fingerprint density at radius 3 is 2.48 bits per heavy atom. The van der Waals surface area contributed by atoms with Crippen molar-refractivity contribution in [2.45, 2.75) is 83.1 Å². The summed E-state index contributed by atoms with van der Waals surface area (Å²) in [5.74, 6) is 2.11. The third-order valence-corrected chi connectivity index (χ3v) is 5.30. The first-order valence-electron chi connectivity index (χ1n) is 10.1. The molecule has 1 heterocycles. The van der Waals surface area contributed by atoms with E-state index in [1.165, 1.54) is 5.56 Å². The summed E-state index contributed by atoms with van der Waals surface area (Å²) >= 11 is 0. The highest BCUT2D eigenvalue weighted by molar-refractivity contribution is 5.76.